The maximum Gasteiger partial charge on any atom is 0.300 e. The van der Waals surface area contributed by atoms with E-state index in [2.05, 4.69) is 4.76 Å². The molecule has 0 bridgehead atoms. The molecule has 0 spiro atoms. The molecular formula is C8H10NO2PS. The van der Waals surface area contributed by atoms with Crippen molar-refractivity contribution in [1.29, 1.82) is 0 Å². The van der Waals surface area contributed by atoms with Crippen LogP contribution in [0.2, 0.25) is 0 Å². The molecule has 0 saturated heterocycles. The molecule has 0 aliphatic heterocycles. The highest BCUT2D eigenvalue weighted by atomic mass is 32.2. The highest BCUT2D eigenvalue weighted by Gasteiger charge is 1.89. The van der Waals surface area contributed by atoms with Crippen LogP contribution in [0.25, 0.3) is 0 Å². The van der Waals surface area contributed by atoms with Gasteiger partial charge in [-0.1, -0.05) is 30.3 Å². The van der Waals surface area contributed by atoms with E-state index in [0.29, 0.717) is 0 Å². The number of thioether (sulfide) groups is 1. The summed E-state index contributed by atoms with van der Waals surface area (Å²) >= 11 is 1.41. The Balaban J connectivity index is 2.32. The van der Waals surface area contributed by atoms with Crippen LogP contribution in [0.5, 0.6) is 0 Å². The SMILES string of the molecule is O=[PH](O)N=CSCc1ccccc1. The molecule has 1 atom stereocenters. The lowest BCUT2D eigenvalue weighted by Crippen LogP contribution is -1.77. The third kappa shape index (κ3) is 4.88. The van der Waals surface area contributed by atoms with Gasteiger partial charge in [-0.15, -0.1) is 11.8 Å². The Morgan fingerprint density at radius 3 is 2.77 bits per heavy atom. The van der Waals surface area contributed by atoms with Crippen LogP contribution in [-0.2, 0) is 10.3 Å². The minimum atomic E-state index is -2.69. The predicted octanol–water partition coefficient (Wildman–Crippen LogP) is 2.33. The van der Waals surface area contributed by atoms with Gasteiger partial charge in [0.05, 0.1) is 5.55 Å². The van der Waals surface area contributed by atoms with E-state index in [1.807, 2.05) is 30.3 Å². The summed E-state index contributed by atoms with van der Waals surface area (Å²) in [4.78, 5) is 8.38. The van der Waals surface area contributed by atoms with E-state index in [1.165, 1.54) is 22.9 Å². The van der Waals surface area contributed by atoms with Gasteiger partial charge in [0.1, 0.15) is 0 Å². The lowest BCUT2D eigenvalue weighted by Gasteiger charge is -1.94. The fraction of sp³-hybridized carbons (Fsp3) is 0.125. The molecule has 0 radical (unpaired) electrons. The van der Waals surface area contributed by atoms with Crippen LogP contribution in [0.4, 0.5) is 0 Å². The third-order valence-corrected chi connectivity index (χ3v) is 2.62. The normalized spacial score (nSPS) is 13.3. The molecule has 13 heavy (non-hydrogen) atoms. The van der Waals surface area contributed by atoms with Crippen molar-refractivity contribution < 1.29 is 9.46 Å². The minimum Gasteiger partial charge on any atom is -0.330 e. The predicted molar refractivity (Wildman–Crippen MR) is 57.4 cm³/mol. The van der Waals surface area contributed by atoms with Crippen molar-refractivity contribution in [3.8, 4) is 0 Å². The average molecular weight is 215 g/mol. The number of rotatable bonds is 4. The summed E-state index contributed by atoms with van der Waals surface area (Å²) in [6, 6.07) is 9.88. The topological polar surface area (TPSA) is 49.7 Å². The molecule has 1 N–H and O–H groups in total. The third-order valence-electron chi connectivity index (χ3n) is 1.33. The summed E-state index contributed by atoms with van der Waals surface area (Å²) < 4.78 is 13.6. The number of nitrogens with zero attached hydrogens (tertiary/aromatic N) is 1. The summed E-state index contributed by atoms with van der Waals surface area (Å²) in [5.41, 5.74) is 2.60. The molecule has 1 rings (SSSR count). The van der Waals surface area contributed by atoms with E-state index in [-0.39, 0.29) is 0 Å². The number of benzene rings is 1. The second-order valence-electron chi connectivity index (χ2n) is 2.31. The van der Waals surface area contributed by atoms with Crippen molar-refractivity contribution in [2.24, 2.45) is 4.76 Å². The fourth-order valence-corrected chi connectivity index (χ4v) is 1.91. The monoisotopic (exact) mass is 215 g/mol. The van der Waals surface area contributed by atoms with E-state index in [4.69, 9.17) is 4.89 Å². The zero-order valence-corrected chi connectivity index (χ0v) is 8.70. The zero-order valence-electron chi connectivity index (χ0n) is 6.88. The Morgan fingerprint density at radius 2 is 2.15 bits per heavy atom. The largest absolute Gasteiger partial charge is 0.330 e. The Hall–Kier alpha value is -0.570. The van der Waals surface area contributed by atoms with Gasteiger partial charge in [-0.25, -0.2) is 4.76 Å². The second kappa shape index (κ2) is 5.97. The summed E-state index contributed by atoms with van der Waals surface area (Å²) in [6.07, 6.45) is 0. The first-order valence-corrected chi connectivity index (χ1v) is 6.05. The van der Waals surface area contributed by atoms with Crippen LogP contribution in [0, 0.1) is 0 Å². The Labute approximate surface area is 81.8 Å². The van der Waals surface area contributed by atoms with E-state index in [9.17, 15) is 4.57 Å². The smallest absolute Gasteiger partial charge is 0.300 e. The molecule has 0 aliphatic rings. The van der Waals surface area contributed by atoms with Gasteiger partial charge in [-0.05, 0) is 5.56 Å². The maximum absolute atomic E-state index is 10.2. The Kier molecular flexibility index (Phi) is 4.83. The molecule has 0 saturated carbocycles. The lowest BCUT2D eigenvalue weighted by molar-refractivity contribution is 0.505. The minimum absolute atomic E-state index is 0.777. The van der Waals surface area contributed by atoms with Crippen LogP contribution >= 0.6 is 19.9 Å². The molecule has 0 fully saturated rings. The number of hydrogen-bond donors (Lipinski definition) is 1. The molecule has 1 aromatic carbocycles. The van der Waals surface area contributed by atoms with E-state index in [0.717, 1.165) is 5.75 Å². The quantitative estimate of drug-likeness (QED) is 0.476. The maximum atomic E-state index is 10.2. The molecule has 5 heteroatoms. The van der Waals surface area contributed by atoms with Gasteiger partial charge < -0.3 is 4.89 Å². The van der Waals surface area contributed by atoms with Crippen molar-refractivity contribution in [2.75, 3.05) is 0 Å². The second-order valence-corrected chi connectivity index (χ2v) is 3.97. The van der Waals surface area contributed by atoms with E-state index < -0.39 is 8.18 Å². The van der Waals surface area contributed by atoms with Crippen molar-refractivity contribution in [3.05, 3.63) is 35.9 Å². The fourth-order valence-electron chi connectivity index (χ4n) is 0.790. The summed E-state index contributed by atoms with van der Waals surface area (Å²) in [6.45, 7) is 0. The van der Waals surface area contributed by atoms with Gasteiger partial charge in [0.25, 0.3) is 0 Å². The van der Waals surface area contributed by atoms with Gasteiger partial charge >= 0.3 is 8.18 Å². The Morgan fingerprint density at radius 1 is 1.46 bits per heavy atom. The van der Waals surface area contributed by atoms with Crippen LogP contribution in [0.1, 0.15) is 5.56 Å². The number of hydrogen-bond acceptors (Lipinski definition) is 2. The molecule has 0 aliphatic carbocycles. The summed E-state index contributed by atoms with van der Waals surface area (Å²) in [5.74, 6) is 0.777. The first-order chi connectivity index (χ1) is 6.29. The van der Waals surface area contributed by atoms with Crippen LogP contribution in [0.3, 0.4) is 0 Å². The molecule has 0 heterocycles. The van der Waals surface area contributed by atoms with Crippen LogP contribution < -0.4 is 0 Å². The van der Waals surface area contributed by atoms with Crippen LogP contribution in [-0.4, -0.2) is 10.4 Å². The van der Waals surface area contributed by atoms with Gasteiger partial charge in [-0.2, -0.15) is 0 Å². The van der Waals surface area contributed by atoms with Gasteiger partial charge in [0, 0.05) is 5.75 Å². The van der Waals surface area contributed by atoms with Crippen molar-refractivity contribution in [2.45, 2.75) is 5.75 Å². The van der Waals surface area contributed by atoms with Crippen molar-refractivity contribution in [3.63, 3.8) is 0 Å². The van der Waals surface area contributed by atoms with E-state index in [1.54, 1.807) is 0 Å². The first kappa shape index (κ1) is 10.5. The standard InChI is InChI=1S/C8H10NO2PS/c10-12(11)9-7-13-6-8-4-2-1-3-5-8/h1-5,7,12H,6H2,(H,10,11). The molecule has 3 nitrogen and oxygen atoms in total. The molecule has 1 unspecified atom stereocenters. The van der Waals surface area contributed by atoms with Crippen LogP contribution in [0.15, 0.2) is 35.1 Å². The molecular weight excluding hydrogens is 205 g/mol. The van der Waals surface area contributed by atoms with Gasteiger partial charge in [-0.3, -0.25) is 4.57 Å². The first-order valence-electron chi connectivity index (χ1n) is 3.70. The average Bonchev–Trinajstić information content (AvgIpc) is 2.14. The highest BCUT2D eigenvalue weighted by Crippen LogP contribution is 2.16. The molecule has 0 aromatic heterocycles. The van der Waals surface area contributed by atoms with Crippen molar-refractivity contribution in [1.82, 2.24) is 0 Å². The molecule has 70 valence electrons. The highest BCUT2D eigenvalue weighted by molar-refractivity contribution is 8.11. The zero-order chi connectivity index (χ0) is 9.52. The Bertz CT molecular complexity index is 302. The summed E-state index contributed by atoms with van der Waals surface area (Å²) in [5, 5.41) is 0. The van der Waals surface area contributed by atoms with E-state index >= 15 is 0 Å². The summed E-state index contributed by atoms with van der Waals surface area (Å²) in [7, 11) is -2.69. The van der Waals surface area contributed by atoms with Gasteiger partial charge in [0.15, 0.2) is 0 Å². The van der Waals surface area contributed by atoms with Gasteiger partial charge in [0.2, 0.25) is 0 Å². The molecule has 1 aromatic rings. The van der Waals surface area contributed by atoms with Crippen molar-refractivity contribution >= 4 is 25.5 Å². The lowest BCUT2D eigenvalue weighted by atomic mass is 10.2. The molecule has 0 amide bonds.